The summed E-state index contributed by atoms with van der Waals surface area (Å²) >= 11 is 0.927. The lowest BCUT2D eigenvalue weighted by molar-refractivity contribution is 0.101. The van der Waals surface area contributed by atoms with Crippen molar-refractivity contribution in [1.29, 1.82) is 0 Å². The van der Waals surface area contributed by atoms with E-state index in [0.717, 1.165) is 30.2 Å². The molecule has 4 rings (SSSR count). The minimum absolute atomic E-state index is 0.175. The number of nitrogens with zero attached hydrogens (tertiary/aromatic N) is 2. The van der Waals surface area contributed by atoms with Crippen molar-refractivity contribution in [2.45, 2.75) is 25.9 Å². The van der Waals surface area contributed by atoms with E-state index in [4.69, 9.17) is 4.74 Å². The van der Waals surface area contributed by atoms with E-state index in [1.807, 2.05) is 0 Å². The number of halogens is 1. The van der Waals surface area contributed by atoms with Crippen LogP contribution < -0.4 is 20.7 Å². The number of carbonyl (C=O) groups is 3. The van der Waals surface area contributed by atoms with Crippen molar-refractivity contribution in [2.75, 3.05) is 23.1 Å². The van der Waals surface area contributed by atoms with Gasteiger partial charge in [0.05, 0.1) is 31.2 Å². The molecule has 0 atom stereocenters. The summed E-state index contributed by atoms with van der Waals surface area (Å²) in [5.41, 5.74) is 0.395. The molecule has 1 saturated carbocycles. The second kappa shape index (κ2) is 9.83. The minimum atomic E-state index is -0.746. The van der Waals surface area contributed by atoms with Crippen LogP contribution in [0.2, 0.25) is 0 Å². The molecule has 0 bridgehead atoms. The van der Waals surface area contributed by atoms with Crippen LogP contribution in [0.4, 0.5) is 25.8 Å². The maximum Gasteiger partial charge on any atom is 0.413 e. The Bertz CT molecular complexity index is 1240. The molecule has 176 valence electrons. The molecule has 1 aliphatic carbocycles. The standard InChI is InChI=1S/C22H20FN5O5S/c1-11-7-15(23)14(19(29)27-18-6-5-13(9-24-18)33-12-3-4-12)8-16(11)26-20(30)17-10-25-21(34-17)28-22(31)32-2/h5-10,12H,3-4H2,1-2H3,(H,26,30)(H,24,27,29)(H,25,28,31). The van der Waals surface area contributed by atoms with Gasteiger partial charge in [0.15, 0.2) is 5.13 Å². The van der Waals surface area contributed by atoms with Gasteiger partial charge in [-0.1, -0.05) is 11.3 Å². The van der Waals surface area contributed by atoms with E-state index in [1.54, 1.807) is 19.1 Å². The number of thiazole rings is 1. The number of anilines is 3. The van der Waals surface area contributed by atoms with Gasteiger partial charge in [-0.05, 0) is 49.6 Å². The fourth-order valence-corrected chi connectivity index (χ4v) is 3.52. The number of ether oxygens (including phenoxy) is 2. The Hall–Kier alpha value is -4.06. The van der Waals surface area contributed by atoms with E-state index in [2.05, 4.69) is 30.7 Å². The number of benzene rings is 1. The second-order valence-electron chi connectivity index (χ2n) is 7.40. The molecule has 2 aromatic heterocycles. The highest BCUT2D eigenvalue weighted by atomic mass is 32.1. The maximum atomic E-state index is 14.5. The lowest BCUT2D eigenvalue weighted by Gasteiger charge is -2.12. The summed E-state index contributed by atoms with van der Waals surface area (Å²) in [6.45, 7) is 1.59. The summed E-state index contributed by atoms with van der Waals surface area (Å²) in [6.07, 6.45) is 4.30. The Kier molecular flexibility index (Phi) is 6.68. The van der Waals surface area contributed by atoms with Gasteiger partial charge >= 0.3 is 6.09 Å². The summed E-state index contributed by atoms with van der Waals surface area (Å²) in [5.74, 6) is -1.18. The summed E-state index contributed by atoms with van der Waals surface area (Å²) in [4.78, 5) is 44.8. The first-order valence-electron chi connectivity index (χ1n) is 10.2. The summed E-state index contributed by atoms with van der Waals surface area (Å²) in [6, 6.07) is 5.64. The Morgan fingerprint density at radius 1 is 1.06 bits per heavy atom. The van der Waals surface area contributed by atoms with Crippen molar-refractivity contribution < 1.29 is 28.2 Å². The molecule has 1 aromatic carbocycles. The average Bonchev–Trinajstić information content (AvgIpc) is 3.50. The number of carbonyl (C=O) groups excluding carboxylic acids is 3. The molecule has 1 fully saturated rings. The van der Waals surface area contributed by atoms with Gasteiger partial charge in [-0.3, -0.25) is 14.9 Å². The molecule has 1 aliphatic rings. The number of hydrogen-bond donors (Lipinski definition) is 3. The first kappa shape index (κ1) is 23.1. The highest BCUT2D eigenvalue weighted by Gasteiger charge is 2.23. The highest BCUT2D eigenvalue weighted by Crippen LogP contribution is 2.27. The van der Waals surface area contributed by atoms with Gasteiger partial charge < -0.3 is 20.1 Å². The molecule has 3 amide bonds. The number of amides is 3. The first-order chi connectivity index (χ1) is 16.3. The molecule has 3 aromatic rings. The van der Waals surface area contributed by atoms with Crippen LogP contribution in [0.25, 0.3) is 0 Å². The number of hydrogen-bond acceptors (Lipinski definition) is 8. The van der Waals surface area contributed by atoms with Gasteiger partial charge in [-0.2, -0.15) is 0 Å². The fourth-order valence-electron chi connectivity index (χ4n) is 2.83. The van der Waals surface area contributed by atoms with E-state index in [0.29, 0.717) is 11.3 Å². The van der Waals surface area contributed by atoms with E-state index < -0.39 is 23.7 Å². The molecule has 0 radical (unpaired) electrons. The van der Waals surface area contributed by atoms with Crippen LogP contribution in [0.1, 0.15) is 38.4 Å². The fraction of sp³-hybridized carbons (Fsp3) is 0.227. The van der Waals surface area contributed by atoms with Crippen molar-refractivity contribution in [1.82, 2.24) is 9.97 Å². The Morgan fingerprint density at radius 3 is 2.53 bits per heavy atom. The lowest BCUT2D eigenvalue weighted by Crippen LogP contribution is -2.17. The van der Waals surface area contributed by atoms with Crippen LogP contribution in [0.3, 0.4) is 0 Å². The van der Waals surface area contributed by atoms with Crippen LogP contribution in [0.15, 0.2) is 36.7 Å². The number of methoxy groups -OCH3 is 1. The van der Waals surface area contributed by atoms with Gasteiger partial charge in [-0.25, -0.2) is 19.2 Å². The maximum absolute atomic E-state index is 14.5. The van der Waals surface area contributed by atoms with E-state index in [1.165, 1.54) is 25.6 Å². The van der Waals surface area contributed by atoms with Gasteiger partial charge in [0.1, 0.15) is 22.3 Å². The third kappa shape index (κ3) is 5.64. The smallest absolute Gasteiger partial charge is 0.413 e. The van der Waals surface area contributed by atoms with Gasteiger partial charge in [0.25, 0.3) is 11.8 Å². The monoisotopic (exact) mass is 485 g/mol. The number of aryl methyl sites for hydroxylation is 1. The zero-order valence-electron chi connectivity index (χ0n) is 18.2. The lowest BCUT2D eigenvalue weighted by atomic mass is 10.1. The molecule has 0 unspecified atom stereocenters. The van der Waals surface area contributed by atoms with Crippen LogP contribution in [-0.4, -0.2) is 41.1 Å². The molecule has 10 nitrogen and oxygen atoms in total. The zero-order valence-corrected chi connectivity index (χ0v) is 19.0. The number of rotatable bonds is 7. The normalized spacial score (nSPS) is 12.6. The predicted molar refractivity (Wildman–Crippen MR) is 123 cm³/mol. The van der Waals surface area contributed by atoms with E-state index >= 15 is 0 Å². The molecule has 0 spiro atoms. The van der Waals surface area contributed by atoms with Gasteiger partial charge in [0, 0.05) is 5.69 Å². The number of pyridine rings is 1. The highest BCUT2D eigenvalue weighted by molar-refractivity contribution is 7.17. The molecule has 3 N–H and O–H groups in total. The zero-order chi connectivity index (χ0) is 24.2. The molecule has 2 heterocycles. The number of nitrogens with one attached hydrogen (secondary N) is 3. The van der Waals surface area contributed by atoms with E-state index in [-0.39, 0.29) is 33.2 Å². The third-order valence-electron chi connectivity index (χ3n) is 4.74. The third-order valence-corrected chi connectivity index (χ3v) is 5.65. The Labute approximate surface area is 197 Å². The molecule has 12 heteroatoms. The van der Waals surface area contributed by atoms with Crippen molar-refractivity contribution in [3.63, 3.8) is 0 Å². The molecule has 0 saturated heterocycles. The van der Waals surface area contributed by atoms with Crippen molar-refractivity contribution in [2.24, 2.45) is 0 Å². The van der Waals surface area contributed by atoms with Crippen LogP contribution in [-0.2, 0) is 4.74 Å². The van der Waals surface area contributed by atoms with Crippen molar-refractivity contribution >= 4 is 45.9 Å². The number of aromatic nitrogens is 2. The molecule has 34 heavy (non-hydrogen) atoms. The van der Waals surface area contributed by atoms with Crippen molar-refractivity contribution in [3.8, 4) is 5.75 Å². The minimum Gasteiger partial charge on any atom is -0.489 e. The SMILES string of the molecule is COC(=O)Nc1ncc(C(=O)Nc2cc(C(=O)Nc3ccc(OC4CC4)cn3)c(F)cc2C)s1. The molecular weight excluding hydrogens is 465 g/mol. The topological polar surface area (TPSA) is 132 Å². The van der Waals surface area contributed by atoms with Gasteiger partial charge in [-0.15, -0.1) is 0 Å². The van der Waals surface area contributed by atoms with Crippen molar-refractivity contribution in [3.05, 3.63) is 58.5 Å². The van der Waals surface area contributed by atoms with E-state index in [9.17, 15) is 18.8 Å². The van der Waals surface area contributed by atoms with Crippen LogP contribution in [0, 0.1) is 12.7 Å². The first-order valence-corrected chi connectivity index (χ1v) is 11.0. The Morgan fingerprint density at radius 2 is 1.85 bits per heavy atom. The summed E-state index contributed by atoms with van der Waals surface area (Å²) < 4.78 is 24.6. The summed E-state index contributed by atoms with van der Waals surface area (Å²) in [5, 5.41) is 7.71. The van der Waals surface area contributed by atoms with Crippen LogP contribution in [0.5, 0.6) is 5.75 Å². The molecular formula is C22H20FN5O5S. The van der Waals surface area contributed by atoms with Gasteiger partial charge in [0.2, 0.25) is 0 Å². The largest absolute Gasteiger partial charge is 0.489 e. The quantitative estimate of drug-likeness (QED) is 0.457. The summed E-state index contributed by atoms with van der Waals surface area (Å²) in [7, 11) is 1.20. The predicted octanol–water partition coefficient (Wildman–Crippen LogP) is 4.21. The average molecular weight is 485 g/mol. The van der Waals surface area contributed by atoms with Crippen LogP contribution >= 0.6 is 11.3 Å². The second-order valence-corrected chi connectivity index (χ2v) is 8.43. The Balaban J connectivity index is 1.45. The molecule has 0 aliphatic heterocycles.